The van der Waals surface area contributed by atoms with E-state index in [2.05, 4.69) is 23.5 Å². The van der Waals surface area contributed by atoms with E-state index in [1.807, 2.05) is 48.5 Å². The maximum atomic E-state index is 12.1. The molecule has 0 aliphatic rings. The summed E-state index contributed by atoms with van der Waals surface area (Å²) in [5.74, 6) is -1.06. The van der Waals surface area contributed by atoms with Crippen LogP contribution in [0.25, 0.3) is 21.7 Å². The maximum absolute atomic E-state index is 12.1. The van der Waals surface area contributed by atoms with Crippen LogP contribution < -0.4 is 11.1 Å². The molecule has 0 aliphatic carbocycles. The molecule has 6 heteroatoms. The van der Waals surface area contributed by atoms with E-state index in [1.165, 1.54) is 0 Å². The Labute approximate surface area is 190 Å². The fourth-order valence-electron chi connectivity index (χ4n) is 4.22. The lowest BCUT2D eigenvalue weighted by molar-refractivity contribution is 0.0686. The summed E-state index contributed by atoms with van der Waals surface area (Å²) in [5, 5.41) is 24.0. The molecular formula is C27H22N4O2. The molecule has 0 unspecified atom stereocenters. The Morgan fingerprint density at radius 1 is 0.879 bits per heavy atom. The minimum absolute atomic E-state index is 0.0546. The van der Waals surface area contributed by atoms with E-state index in [9.17, 15) is 9.90 Å². The number of rotatable bonds is 6. The topological polar surface area (TPSA) is 104 Å². The molecule has 6 nitrogen and oxygen atoms in total. The highest BCUT2D eigenvalue weighted by Gasteiger charge is 2.17. The van der Waals surface area contributed by atoms with Crippen molar-refractivity contribution in [2.45, 2.75) is 6.54 Å². The first-order chi connectivity index (χ1) is 16.0. The Balaban J connectivity index is 1.67. The van der Waals surface area contributed by atoms with Crippen LogP contribution in [0.2, 0.25) is 0 Å². The van der Waals surface area contributed by atoms with Gasteiger partial charge in [0.05, 0.1) is 0 Å². The van der Waals surface area contributed by atoms with E-state index in [0.29, 0.717) is 12.1 Å². The van der Waals surface area contributed by atoms with Crippen LogP contribution in [0.4, 0.5) is 11.4 Å². The third-order valence-electron chi connectivity index (χ3n) is 5.77. The van der Waals surface area contributed by atoms with Crippen LogP contribution in [-0.4, -0.2) is 21.5 Å². The first-order valence-corrected chi connectivity index (χ1v) is 10.5. The highest BCUT2D eigenvalue weighted by molar-refractivity contribution is 6.01. The van der Waals surface area contributed by atoms with Crippen LogP contribution in [0.5, 0.6) is 0 Å². The minimum atomic E-state index is -1.00. The van der Waals surface area contributed by atoms with Crippen LogP contribution in [0.15, 0.2) is 91.0 Å². The number of amidine groups is 1. The summed E-state index contributed by atoms with van der Waals surface area (Å²) in [6.07, 6.45) is 0. The van der Waals surface area contributed by atoms with Crippen molar-refractivity contribution in [1.82, 2.24) is 4.57 Å². The van der Waals surface area contributed by atoms with Crippen molar-refractivity contribution in [3.8, 4) is 0 Å². The van der Waals surface area contributed by atoms with Crippen molar-refractivity contribution in [2.75, 3.05) is 5.32 Å². The number of para-hydroxylation sites is 1. The third-order valence-corrected chi connectivity index (χ3v) is 5.77. The molecule has 0 saturated heterocycles. The molecule has 0 aliphatic heterocycles. The molecule has 162 valence electrons. The van der Waals surface area contributed by atoms with Crippen LogP contribution in [0.1, 0.15) is 21.6 Å². The zero-order valence-electron chi connectivity index (χ0n) is 17.7. The number of anilines is 2. The van der Waals surface area contributed by atoms with Crippen LogP contribution in [0, 0.1) is 5.41 Å². The zero-order chi connectivity index (χ0) is 22.9. The Kier molecular flexibility index (Phi) is 5.03. The summed E-state index contributed by atoms with van der Waals surface area (Å²) in [5.41, 5.74) is 10.1. The molecule has 1 aromatic heterocycles. The largest absolute Gasteiger partial charge is 0.477 e. The van der Waals surface area contributed by atoms with E-state index in [4.69, 9.17) is 11.1 Å². The summed E-state index contributed by atoms with van der Waals surface area (Å²) in [4.78, 5) is 12.1. The molecule has 5 rings (SSSR count). The summed E-state index contributed by atoms with van der Waals surface area (Å²) in [6, 6.07) is 29.1. The lowest BCUT2D eigenvalue weighted by Crippen LogP contribution is -2.12. The van der Waals surface area contributed by atoms with Crippen LogP contribution in [0.3, 0.4) is 0 Å². The Bertz CT molecular complexity index is 1520. The lowest BCUT2D eigenvalue weighted by Gasteiger charge is -2.15. The summed E-state index contributed by atoms with van der Waals surface area (Å²) in [7, 11) is 0. The number of aromatic carboxylic acids is 1. The molecule has 0 atom stereocenters. The number of hydrogen-bond donors (Lipinski definition) is 4. The number of benzene rings is 4. The fourth-order valence-corrected chi connectivity index (χ4v) is 4.22. The Hall–Kier alpha value is -4.58. The SMILES string of the molecule is N=C(N)c1ccc2cc(C(=O)O)n(Cc3cc(Nc4ccccc4)cc4ccccc34)c2c1. The second kappa shape index (κ2) is 8.16. The molecular weight excluding hydrogens is 412 g/mol. The molecule has 1 heterocycles. The molecule has 0 radical (unpaired) electrons. The van der Waals surface area contributed by atoms with Crippen molar-refractivity contribution in [3.05, 3.63) is 108 Å². The number of aromatic nitrogens is 1. The van der Waals surface area contributed by atoms with Gasteiger partial charge >= 0.3 is 5.97 Å². The number of nitrogens with one attached hydrogen (secondary N) is 2. The van der Waals surface area contributed by atoms with Crippen molar-refractivity contribution in [2.24, 2.45) is 5.73 Å². The van der Waals surface area contributed by atoms with Gasteiger partial charge in [0.25, 0.3) is 0 Å². The number of nitrogens with two attached hydrogens (primary N) is 1. The summed E-state index contributed by atoms with van der Waals surface area (Å²) >= 11 is 0. The molecule has 0 amide bonds. The molecule has 0 fully saturated rings. The fraction of sp³-hybridized carbons (Fsp3) is 0.0370. The molecule has 33 heavy (non-hydrogen) atoms. The predicted octanol–water partition coefficient (Wildman–Crippen LogP) is 5.57. The van der Waals surface area contributed by atoms with Crippen LogP contribution in [-0.2, 0) is 6.54 Å². The number of hydrogen-bond acceptors (Lipinski definition) is 3. The zero-order valence-corrected chi connectivity index (χ0v) is 17.7. The van der Waals surface area contributed by atoms with Crippen molar-refractivity contribution in [1.29, 1.82) is 5.41 Å². The Morgan fingerprint density at radius 3 is 2.39 bits per heavy atom. The minimum Gasteiger partial charge on any atom is -0.477 e. The molecule has 5 N–H and O–H groups in total. The Morgan fingerprint density at radius 2 is 1.64 bits per heavy atom. The van der Waals surface area contributed by atoms with Gasteiger partial charge in [-0.3, -0.25) is 5.41 Å². The number of fused-ring (bicyclic) bond motifs is 2. The number of nitrogens with zero attached hydrogens (tertiary/aromatic N) is 1. The van der Waals surface area contributed by atoms with Gasteiger partial charge in [-0.05, 0) is 52.7 Å². The van der Waals surface area contributed by atoms with E-state index in [-0.39, 0.29) is 11.5 Å². The van der Waals surface area contributed by atoms with Gasteiger partial charge in [0.1, 0.15) is 11.5 Å². The van der Waals surface area contributed by atoms with E-state index in [1.54, 1.807) is 28.8 Å². The number of carbonyl (C=O) groups is 1. The average molecular weight is 434 g/mol. The van der Waals surface area contributed by atoms with Gasteiger partial charge in [0.2, 0.25) is 0 Å². The maximum Gasteiger partial charge on any atom is 0.352 e. The second-order valence-electron chi connectivity index (χ2n) is 7.96. The molecule has 0 saturated carbocycles. The normalized spacial score (nSPS) is 11.0. The number of carboxylic acid groups (broad SMARTS) is 1. The average Bonchev–Trinajstić information content (AvgIpc) is 3.18. The van der Waals surface area contributed by atoms with Gasteiger partial charge in [-0.1, -0.05) is 54.6 Å². The van der Waals surface area contributed by atoms with E-state index in [0.717, 1.165) is 38.6 Å². The highest BCUT2D eigenvalue weighted by atomic mass is 16.4. The number of nitrogen functional groups attached to an aromatic ring is 1. The van der Waals surface area contributed by atoms with Crippen LogP contribution >= 0.6 is 0 Å². The molecule has 0 bridgehead atoms. The summed E-state index contributed by atoms with van der Waals surface area (Å²) in [6.45, 7) is 0.358. The first kappa shape index (κ1) is 20.3. The van der Waals surface area contributed by atoms with Gasteiger partial charge in [-0.25, -0.2) is 4.79 Å². The number of carboxylic acids is 1. The predicted molar refractivity (Wildman–Crippen MR) is 133 cm³/mol. The monoisotopic (exact) mass is 434 g/mol. The summed E-state index contributed by atoms with van der Waals surface area (Å²) < 4.78 is 1.78. The molecule has 0 spiro atoms. The second-order valence-corrected chi connectivity index (χ2v) is 7.96. The smallest absolute Gasteiger partial charge is 0.352 e. The van der Waals surface area contributed by atoms with Crippen molar-refractivity contribution >= 4 is 44.9 Å². The van der Waals surface area contributed by atoms with Crippen molar-refractivity contribution < 1.29 is 9.90 Å². The standard InChI is InChI=1S/C27H22N4O2/c28-26(29)19-11-10-18-14-25(27(32)33)31(24(18)15-19)16-20-13-22(30-21-7-2-1-3-8-21)12-17-6-4-5-9-23(17)20/h1-15,30H,16H2,(H3,28,29)(H,32,33). The van der Waals surface area contributed by atoms with Gasteiger partial charge < -0.3 is 20.7 Å². The first-order valence-electron chi connectivity index (χ1n) is 10.5. The lowest BCUT2D eigenvalue weighted by atomic mass is 10.0. The molecule has 5 aromatic rings. The third kappa shape index (κ3) is 3.90. The van der Waals surface area contributed by atoms with E-state index >= 15 is 0 Å². The highest BCUT2D eigenvalue weighted by Crippen LogP contribution is 2.29. The van der Waals surface area contributed by atoms with Gasteiger partial charge in [0, 0.05) is 34.4 Å². The quantitative estimate of drug-likeness (QED) is 0.207. The van der Waals surface area contributed by atoms with E-state index < -0.39 is 5.97 Å². The molecule has 4 aromatic carbocycles. The van der Waals surface area contributed by atoms with Gasteiger partial charge in [0.15, 0.2) is 0 Å². The van der Waals surface area contributed by atoms with Gasteiger partial charge in [-0.2, -0.15) is 0 Å². The van der Waals surface area contributed by atoms with Crippen molar-refractivity contribution in [3.63, 3.8) is 0 Å². The van der Waals surface area contributed by atoms with Gasteiger partial charge in [-0.15, -0.1) is 0 Å².